The second-order valence-electron chi connectivity index (χ2n) is 5.00. The van der Waals surface area contributed by atoms with E-state index in [4.69, 9.17) is 0 Å². The van der Waals surface area contributed by atoms with Crippen molar-refractivity contribution < 1.29 is 5.11 Å². The van der Waals surface area contributed by atoms with Crippen LogP contribution in [0.1, 0.15) is 30.1 Å². The third-order valence-corrected chi connectivity index (χ3v) is 3.64. The first kappa shape index (κ1) is 12.2. The maximum Gasteiger partial charge on any atom is 0.0810 e. The summed E-state index contributed by atoms with van der Waals surface area (Å²) < 4.78 is 0. The van der Waals surface area contributed by atoms with Gasteiger partial charge in [0.2, 0.25) is 0 Å². The molecule has 1 atom stereocenters. The first-order valence-corrected chi connectivity index (χ1v) is 6.75. The fraction of sp³-hybridized carbons (Fsp3) is 0.312. The second-order valence-corrected chi connectivity index (χ2v) is 5.00. The van der Waals surface area contributed by atoms with E-state index >= 15 is 0 Å². The van der Waals surface area contributed by atoms with E-state index in [9.17, 15) is 5.11 Å². The molecule has 98 valence electrons. The highest BCUT2D eigenvalue weighted by molar-refractivity contribution is 5.55. The fourth-order valence-corrected chi connectivity index (χ4v) is 2.69. The minimum atomic E-state index is -0.338. The van der Waals surface area contributed by atoms with Crippen LogP contribution < -0.4 is 4.90 Å². The number of aliphatic hydroxyl groups is 1. The van der Waals surface area contributed by atoms with Crippen LogP contribution in [0.25, 0.3) is 0 Å². The number of benzene rings is 1. The molecule has 1 aliphatic rings. The maximum absolute atomic E-state index is 10.2. The number of para-hydroxylation sites is 1. The molecule has 0 aliphatic carbocycles. The SMILES string of the molecule is OC1CCCN(Cc2cccnc2)c2ccccc21. The van der Waals surface area contributed by atoms with Gasteiger partial charge in [0.05, 0.1) is 6.10 Å². The van der Waals surface area contributed by atoms with Crippen LogP contribution in [0.15, 0.2) is 48.8 Å². The van der Waals surface area contributed by atoms with Crippen LogP contribution in [0.3, 0.4) is 0 Å². The molecule has 2 heterocycles. The van der Waals surface area contributed by atoms with Gasteiger partial charge in [-0.15, -0.1) is 0 Å². The van der Waals surface area contributed by atoms with Crippen molar-refractivity contribution >= 4 is 5.69 Å². The summed E-state index contributed by atoms with van der Waals surface area (Å²) in [5.41, 5.74) is 3.40. The number of pyridine rings is 1. The number of nitrogens with zero attached hydrogens (tertiary/aromatic N) is 2. The van der Waals surface area contributed by atoms with Gasteiger partial charge in [0, 0.05) is 36.7 Å². The van der Waals surface area contributed by atoms with Gasteiger partial charge in [-0.1, -0.05) is 24.3 Å². The van der Waals surface area contributed by atoms with E-state index in [0.29, 0.717) is 0 Å². The van der Waals surface area contributed by atoms with Crippen LogP contribution in [0.5, 0.6) is 0 Å². The van der Waals surface area contributed by atoms with Crippen LogP contribution in [-0.4, -0.2) is 16.6 Å². The minimum Gasteiger partial charge on any atom is -0.388 e. The van der Waals surface area contributed by atoms with E-state index in [0.717, 1.165) is 37.2 Å². The van der Waals surface area contributed by atoms with Crippen LogP contribution in [0.2, 0.25) is 0 Å². The Kier molecular flexibility index (Phi) is 3.47. The third kappa shape index (κ3) is 2.61. The second kappa shape index (κ2) is 5.41. The van der Waals surface area contributed by atoms with Crippen LogP contribution >= 0.6 is 0 Å². The van der Waals surface area contributed by atoms with E-state index in [1.807, 2.05) is 30.5 Å². The highest BCUT2D eigenvalue weighted by Crippen LogP contribution is 2.33. The number of anilines is 1. The molecule has 1 aromatic heterocycles. The lowest BCUT2D eigenvalue weighted by Crippen LogP contribution is -2.23. The molecular weight excluding hydrogens is 236 g/mol. The number of hydrogen-bond donors (Lipinski definition) is 1. The van der Waals surface area contributed by atoms with Gasteiger partial charge in [0.1, 0.15) is 0 Å². The zero-order chi connectivity index (χ0) is 13.1. The van der Waals surface area contributed by atoms with Gasteiger partial charge in [0.25, 0.3) is 0 Å². The number of fused-ring (bicyclic) bond motifs is 1. The fourth-order valence-electron chi connectivity index (χ4n) is 2.69. The number of rotatable bonds is 2. The zero-order valence-electron chi connectivity index (χ0n) is 10.9. The first-order valence-electron chi connectivity index (χ1n) is 6.75. The standard InChI is InChI=1S/C16H18N2O/c19-16-8-4-10-18(12-13-5-3-9-17-11-13)15-7-2-1-6-14(15)16/h1-3,5-7,9,11,16,19H,4,8,10,12H2. The van der Waals surface area contributed by atoms with Crippen LogP contribution in [-0.2, 0) is 6.54 Å². The maximum atomic E-state index is 10.2. The van der Waals surface area contributed by atoms with E-state index in [1.54, 1.807) is 6.20 Å². The Bertz CT molecular complexity index is 541. The molecule has 0 spiro atoms. The van der Waals surface area contributed by atoms with Gasteiger partial charge in [-0.3, -0.25) is 4.98 Å². The van der Waals surface area contributed by atoms with Crippen molar-refractivity contribution in [1.29, 1.82) is 0 Å². The Morgan fingerprint density at radius 2 is 2.11 bits per heavy atom. The summed E-state index contributed by atoms with van der Waals surface area (Å²) in [6.07, 6.45) is 5.21. The zero-order valence-corrected chi connectivity index (χ0v) is 10.9. The molecule has 3 nitrogen and oxygen atoms in total. The molecule has 0 saturated heterocycles. The van der Waals surface area contributed by atoms with Crippen molar-refractivity contribution in [3.63, 3.8) is 0 Å². The van der Waals surface area contributed by atoms with Crippen molar-refractivity contribution in [2.24, 2.45) is 0 Å². The van der Waals surface area contributed by atoms with E-state index in [1.165, 1.54) is 5.56 Å². The Labute approximate surface area is 113 Å². The van der Waals surface area contributed by atoms with Gasteiger partial charge < -0.3 is 10.0 Å². The van der Waals surface area contributed by atoms with Crippen molar-refractivity contribution in [2.75, 3.05) is 11.4 Å². The molecule has 1 unspecified atom stereocenters. The summed E-state index contributed by atoms with van der Waals surface area (Å²) >= 11 is 0. The molecule has 0 fully saturated rings. The van der Waals surface area contributed by atoms with Crippen LogP contribution in [0.4, 0.5) is 5.69 Å². The lowest BCUT2D eigenvalue weighted by molar-refractivity contribution is 0.168. The molecule has 1 aliphatic heterocycles. The summed E-state index contributed by atoms with van der Waals surface area (Å²) in [6.45, 7) is 1.82. The number of hydrogen-bond acceptors (Lipinski definition) is 3. The van der Waals surface area contributed by atoms with Gasteiger partial charge in [0.15, 0.2) is 0 Å². The molecule has 19 heavy (non-hydrogen) atoms. The summed E-state index contributed by atoms with van der Waals surface area (Å²) in [7, 11) is 0. The normalized spacial score (nSPS) is 18.8. The molecule has 0 saturated carbocycles. The predicted octanol–water partition coefficient (Wildman–Crippen LogP) is 2.92. The molecule has 3 heteroatoms. The average Bonchev–Trinajstić information content (AvgIpc) is 2.61. The van der Waals surface area contributed by atoms with Crippen molar-refractivity contribution in [2.45, 2.75) is 25.5 Å². The quantitative estimate of drug-likeness (QED) is 0.895. The Morgan fingerprint density at radius 3 is 2.95 bits per heavy atom. The third-order valence-electron chi connectivity index (χ3n) is 3.64. The first-order chi connectivity index (χ1) is 9.34. The molecule has 1 N–H and O–H groups in total. The van der Waals surface area contributed by atoms with Gasteiger partial charge in [-0.25, -0.2) is 0 Å². The molecule has 1 aromatic carbocycles. The largest absolute Gasteiger partial charge is 0.388 e. The summed E-state index contributed by atoms with van der Waals surface area (Å²) in [5.74, 6) is 0. The predicted molar refractivity (Wildman–Crippen MR) is 75.9 cm³/mol. The summed E-state index contributed by atoms with van der Waals surface area (Å²) in [5, 5.41) is 10.2. The van der Waals surface area contributed by atoms with Gasteiger partial charge in [-0.2, -0.15) is 0 Å². The Hall–Kier alpha value is -1.87. The topological polar surface area (TPSA) is 36.4 Å². The lowest BCUT2D eigenvalue weighted by atomic mass is 10.0. The minimum absolute atomic E-state index is 0.338. The summed E-state index contributed by atoms with van der Waals surface area (Å²) in [6, 6.07) is 12.2. The molecule has 0 radical (unpaired) electrons. The van der Waals surface area contributed by atoms with E-state index < -0.39 is 0 Å². The molecule has 3 rings (SSSR count). The Balaban J connectivity index is 1.91. The van der Waals surface area contributed by atoms with Crippen molar-refractivity contribution in [3.05, 3.63) is 59.9 Å². The van der Waals surface area contributed by atoms with Crippen molar-refractivity contribution in [3.8, 4) is 0 Å². The Morgan fingerprint density at radius 1 is 1.21 bits per heavy atom. The van der Waals surface area contributed by atoms with E-state index in [2.05, 4.69) is 22.0 Å². The monoisotopic (exact) mass is 254 g/mol. The number of aliphatic hydroxyl groups excluding tert-OH is 1. The molecule has 2 aromatic rings. The van der Waals surface area contributed by atoms with Gasteiger partial charge >= 0.3 is 0 Å². The van der Waals surface area contributed by atoms with Crippen molar-refractivity contribution in [1.82, 2.24) is 4.98 Å². The molecular formula is C16H18N2O. The van der Waals surface area contributed by atoms with E-state index in [-0.39, 0.29) is 6.10 Å². The highest BCUT2D eigenvalue weighted by Gasteiger charge is 2.20. The lowest BCUT2D eigenvalue weighted by Gasteiger charge is -2.25. The number of aromatic nitrogens is 1. The van der Waals surface area contributed by atoms with Crippen LogP contribution in [0, 0.1) is 0 Å². The molecule has 0 amide bonds. The van der Waals surface area contributed by atoms with Gasteiger partial charge in [-0.05, 0) is 30.5 Å². The average molecular weight is 254 g/mol. The summed E-state index contributed by atoms with van der Waals surface area (Å²) in [4.78, 5) is 6.50. The molecule has 0 bridgehead atoms. The smallest absolute Gasteiger partial charge is 0.0810 e. The highest BCUT2D eigenvalue weighted by atomic mass is 16.3.